The molecule has 2 atom stereocenters. The van der Waals surface area contributed by atoms with Gasteiger partial charge in [-0.2, -0.15) is 0 Å². The van der Waals surface area contributed by atoms with Crippen molar-refractivity contribution in [3.63, 3.8) is 0 Å². The van der Waals surface area contributed by atoms with E-state index in [0.717, 1.165) is 38.1 Å². The highest BCUT2D eigenvalue weighted by Gasteiger charge is 2.36. The predicted octanol–water partition coefficient (Wildman–Crippen LogP) is 3.44. The van der Waals surface area contributed by atoms with E-state index in [1.807, 2.05) is 0 Å². The van der Waals surface area contributed by atoms with E-state index in [1.165, 1.54) is 31.3 Å². The third kappa shape index (κ3) is 2.38. The second-order valence-corrected chi connectivity index (χ2v) is 5.91. The Morgan fingerprint density at radius 1 is 1.17 bits per heavy atom. The number of piperidine rings is 1. The molecule has 1 saturated heterocycles. The maximum absolute atomic E-state index is 12.3. The van der Waals surface area contributed by atoms with Crippen LogP contribution in [0.4, 0.5) is 0 Å². The molecule has 0 aromatic heterocycles. The van der Waals surface area contributed by atoms with Crippen LogP contribution in [-0.4, -0.2) is 23.4 Å². The Balaban J connectivity index is 1.85. The second kappa shape index (κ2) is 5.29. The zero-order chi connectivity index (χ0) is 12.4. The van der Waals surface area contributed by atoms with Crippen molar-refractivity contribution in [2.24, 2.45) is 5.92 Å². The third-order valence-electron chi connectivity index (χ3n) is 4.74. The van der Waals surface area contributed by atoms with Gasteiger partial charge in [0.1, 0.15) is 0 Å². The SMILES string of the molecule is O=C1CCC/C=C\CC=C2CCC3CCN1C2C3. The van der Waals surface area contributed by atoms with Crippen LogP contribution in [0.5, 0.6) is 0 Å². The molecular formula is C16H23NO. The van der Waals surface area contributed by atoms with Crippen LogP contribution in [-0.2, 0) is 4.79 Å². The van der Waals surface area contributed by atoms with Crippen LogP contribution in [0, 0.1) is 5.92 Å². The van der Waals surface area contributed by atoms with E-state index in [0.29, 0.717) is 11.9 Å². The first-order valence-corrected chi connectivity index (χ1v) is 7.48. The molecule has 3 rings (SSSR count). The van der Waals surface area contributed by atoms with Crippen molar-refractivity contribution in [1.29, 1.82) is 0 Å². The Labute approximate surface area is 110 Å². The summed E-state index contributed by atoms with van der Waals surface area (Å²) in [6.07, 6.45) is 15.7. The Morgan fingerprint density at radius 2 is 2.11 bits per heavy atom. The molecule has 2 nitrogen and oxygen atoms in total. The van der Waals surface area contributed by atoms with Gasteiger partial charge in [-0.3, -0.25) is 4.79 Å². The fraction of sp³-hybridized carbons (Fsp3) is 0.688. The van der Waals surface area contributed by atoms with Gasteiger partial charge in [0.05, 0.1) is 6.04 Å². The monoisotopic (exact) mass is 245 g/mol. The van der Waals surface area contributed by atoms with Gasteiger partial charge in [0.15, 0.2) is 0 Å². The highest BCUT2D eigenvalue weighted by atomic mass is 16.2. The Morgan fingerprint density at radius 3 is 3.06 bits per heavy atom. The van der Waals surface area contributed by atoms with Crippen molar-refractivity contribution in [2.75, 3.05) is 6.54 Å². The molecular weight excluding hydrogens is 222 g/mol. The molecule has 0 spiro atoms. The van der Waals surface area contributed by atoms with Gasteiger partial charge in [0, 0.05) is 13.0 Å². The summed E-state index contributed by atoms with van der Waals surface area (Å²) in [7, 11) is 0. The van der Waals surface area contributed by atoms with Gasteiger partial charge in [0.2, 0.25) is 5.91 Å². The first kappa shape index (κ1) is 12.0. The molecule has 0 aromatic rings. The zero-order valence-electron chi connectivity index (χ0n) is 11.1. The normalized spacial score (nSPS) is 34.6. The molecule has 1 aliphatic carbocycles. The summed E-state index contributed by atoms with van der Waals surface area (Å²) in [5, 5.41) is 0. The average molecular weight is 245 g/mol. The fourth-order valence-electron chi connectivity index (χ4n) is 3.67. The predicted molar refractivity (Wildman–Crippen MR) is 73.2 cm³/mol. The maximum Gasteiger partial charge on any atom is 0.223 e. The van der Waals surface area contributed by atoms with Crippen molar-refractivity contribution in [3.05, 3.63) is 23.8 Å². The van der Waals surface area contributed by atoms with E-state index in [2.05, 4.69) is 23.1 Å². The van der Waals surface area contributed by atoms with Crippen LogP contribution in [0.1, 0.15) is 51.4 Å². The summed E-state index contributed by atoms with van der Waals surface area (Å²) in [6.45, 7) is 0.999. The molecule has 2 bridgehead atoms. The highest BCUT2D eigenvalue weighted by Crippen LogP contribution is 2.38. The van der Waals surface area contributed by atoms with Gasteiger partial charge in [0.25, 0.3) is 0 Å². The number of rotatable bonds is 0. The number of amides is 1. The number of fused-ring (bicyclic) bond motifs is 1. The average Bonchev–Trinajstić information content (AvgIpc) is 2.43. The number of allylic oxidation sites excluding steroid dienone is 3. The number of nitrogens with zero attached hydrogens (tertiary/aromatic N) is 1. The topological polar surface area (TPSA) is 20.3 Å². The fourth-order valence-corrected chi connectivity index (χ4v) is 3.67. The van der Waals surface area contributed by atoms with Crippen molar-refractivity contribution in [3.8, 4) is 0 Å². The van der Waals surface area contributed by atoms with Crippen LogP contribution in [0.15, 0.2) is 23.8 Å². The van der Waals surface area contributed by atoms with Crippen LogP contribution in [0.25, 0.3) is 0 Å². The lowest BCUT2D eigenvalue weighted by molar-refractivity contribution is -0.135. The van der Waals surface area contributed by atoms with Crippen LogP contribution in [0.2, 0.25) is 0 Å². The van der Waals surface area contributed by atoms with E-state index in [4.69, 9.17) is 0 Å². The Kier molecular flexibility index (Phi) is 3.53. The van der Waals surface area contributed by atoms with Crippen molar-refractivity contribution >= 4 is 5.91 Å². The molecule has 2 heterocycles. The van der Waals surface area contributed by atoms with E-state index in [1.54, 1.807) is 0 Å². The van der Waals surface area contributed by atoms with Crippen molar-refractivity contribution < 1.29 is 4.79 Å². The number of hydrogen-bond donors (Lipinski definition) is 0. The molecule has 0 aromatic carbocycles. The van der Waals surface area contributed by atoms with Crippen molar-refractivity contribution in [1.82, 2.24) is 4.90 Å². The molecule has 0 N–H and O–H groups in total. The quantitative estimate of drug-likeness (QED) is 0.599. The molecule has 1 amide bonds. The summed E-state index contributed by atoms with van der Waals surface area (Å²) in [5.41, 5.74) is 1.53. The van der Waals surface area contributed by atoms with Crippen molar-refractivity contribution in [2.45, 2.75) is 57.4 Å². The van der Waals surface area contributed by atoms with E-state index < -0.39 is 0 Å². The second-order valence-electron chi connectivity index (χ2n) is 5.91. The van der Waals surface area contributed by atoms with Gasteiger partial charge < -0.3 is 4.90 Å². The molecule has 0 radical (unpaired) electrons. The Bertz CT molecular complexity index is 383. The van der Waals surface area contributed by atoms with Gasteiger partial charge in [-0.05, 0) is 50.9 Å². The van der Waals surface area contributed by atoms with Gasteiger partial charge in [-0.15, -0.1) is 0 Å². The van der Waals surface area contributed by atoms with E-state index in [-0.39, 0.29) is 0 Å². The molecule has 3 aliphatic rings. The molecule has 18 heavy (non-hydrogen) atoms. The molecule has 98 valence electrons. The molecule has 2 unspecified atom stereocenters. The standard InChI is InChI=1S/C16H23NO/c18-16-7-5-3-1-2-4-6-14-9-8-13-10-11-17(16)15(14)12-13/h1-2,6,13,15H,3-5,7-12H2/b2-1-,14-6?. The summed E-state index contributed by atoms with van der Waals surface area (Å²) in [6, 6.07) is 0.441. The molecule has 2 fully saturated rings. The van der Waals surface area contributed by atoms with Gasteiger partial charge in [-0.1, -0.05) is 23.8 Å². The molecule has 1 saturated carbocycles. The lowest BCUT2D eigenvalue weighted by Crippen LogP contribution is -2.49. The first-order valence-electron chi connectivity index (χ1n) is 7.48. The summed E-state index contributed by atoms with van der Waals surface area (Å²) < 4.78 is 0. The maximum atomic E-state index is 12.3. The minimum atomic E-state index is 0.390. The largest absolute Gasteiger partial charge is 0.336 e. The summed E-state index contributed by atoms with van der Waals surface area (Å²) in [4.78, 5) is 14.5. The Hall–Kier alpha value is -1.05. The smallest absolute Gasteiger partial charge is 0.223 e. The summed E-state index contributed by atoms with van der Waals surface area (Å²) >= 11 is 0. The highest BCUT2D eigenvalue weighted by molar-refractivity contribution is 5.77. The van der Waals surface area contributed by atoms with E-state index in [9.17, 15) is 4.79 Å². The van der Waals surface area contributed by atoms with Crippen LogP contribution < -0.4 is 0 Å². The minimum absolute atomic E-state index is 0.390. The first-order chi connectivity index (χ1) is 8.84. The number of carbonyl (C=O) groups excluding carboxylic acids is 1. The number of hydrogen-bond acceptors (Lipinski definition) is 1. The third-order valence-corrected chi connectivity index (χ3v) is 4.74. The van der Waals surface area contributed by atoms with E-state index >= 15 is 0 Å². The lowest BCUT2D eigenvalue weighted by atomic mass is 9.76. The molecule has 2 heteroatoms. The minimum Gasteiger partial charge on any atom is -0.336 e. The zero-order valence-corrected chi connectivity index (χ0v) is 11.1. The lowest BCUT2D eigenvalue weighted by Gasteiger charge is -2.44. The summed E-state index contributed by atoms with van der Waals surface area (Å²) in [5.74, 6) is 1.26. The molecule has 2 aliphatic heterocycles. The van der Waals surface area contributed by atoms with Crippen LogP contribution in [0.3, 0.4) is 0 Å². The van der Waals surface area contributed by atoms with Gasteiger partial charge in [-0.25, -0.2) is 0 Å². The number of carbonyl (C=O) groups is 1. The van der Waals surface area contributed by atoms with Gasteiger partial charge >= 0.3 is 0 Å². The van der Waals surface area contributed by atoms with Crippen LogP contribution >= 0.6 is 0 Å².